The predicted octanol–water partition coefficient (Wildman–Crippen LogP) is 6.06. The number of rotatable bonds is 2. The average Bonchev–Trinajstić information content (AvgIpc) is 2.90. The van der Waals surface area contributed by atoms with Crippen molar-refractivity contribution < 1.29 is 0 Å². The highest BCUT2D eigenvalue weighted by atomic mass is 35.5. The summed E-state index contributed by atoms with van der Waals surface area (Å²) in [4.78, 5) is 4.99. The lowest BCUT2D eigenvalue weighted by atomic mass is 9.98. The molecule has 126 valence electrons. The van der Waals surface area contributed by atoms with Crippen LogP contribution in [-0.2, 0) is 0 Å². The van der Waals surface area contributed by atoms with Gasteiger partial charge in [-0.25, -0.2) is 0 Å². The molecule has 4 atom stereocenters. The van der Waals surface area contributed by atoms with Gasteiger partial charge < -0.3 is 0 Å². The van der Waals surface area contributed by atoms with Gasteiger partial charge in [-0.3, -0.25) is 9.80 Å². The highest BCUT2D eigenvalue weighted by Gasteiger charge is 2.40. The second kappa shape index (κ2) is 6.68. The van der Waals surface area contributed by atoms with E-state index in [1.807, 2.05) is 24.3 Å². The maximum Gasteiger partial charge on any atom is 0.0595 e. The van der Waals surface area contributed by atoms with Gasteiger partial charge in [0.2, 0.25) is 0 Å². The second-order valence-electron chi connectivity index (χ2n) is 6.40. The molecule has 2 aliphatic heterocycles. The Morgan fingerprint density at radius 2 is 1.33 bits per heavy atom. The van der Waals surface area contributed by atoms with E-state index in [1.165, 1.54) is 11.1 Å². The molecule has 2 aromatic carbocycles. The molecular formula is C18H16Cl4N2. The Hall–Kier alpha value is -0.480. The van der Waals surface area contributed by atoms with E-state index in [0.29, 0.717) is 32.2 Å². The molecule has 2 aliphatic rings. The van der Waals surface area contributed by atoms with Crippen molar-refractivity contribution in [3.8, 4) is 0 Å². The lowest BCUT2D eigenvalue weighted by Crippen LogP contribution is -2.37. The molecule has 0 aromatic heterocycles. The smallest absolute Gasteiger partial charge is 0.0595 e. The van der Waals surface area contributed by atoms with Crippen LogP contribution >= 0.6 is 46.4 Å². The monoisotopic (exact) mass is 400 g/mol. The number of halogens is 4. The van der Waals surface area contributed by atoms with Gasteiger partial charge in [0.1, 0.15) is 0 Å². The minimum atomic E-state index is 0.307. The molecule has 2 fully saturated rings. The SMILES string of the molecule is Clc1ccc([C@H]2CN3CC[C@@H](c4ccc(Cl)c(Cl)c4)N2C3)cc1Cl. The van der Waals surface area contributed by atoms with Gasteiger partial charge in [-0.2, -0.15) is 0 Å². The van der Waals surface area contributed by atoms with E-state index in [4.69, 9.17) is 46.4 Å². The van der Waals surface area contributed by atoms with E-state index < -0.39 is 0 Å². The molecule has 0 saturated carbocycles. The van der Waals surface area contributed by atoms with Gasteiger partial charge in [0, 0.05) is 25.2 Å². The third-order valence-electron chi connectivity index (χ3n) is 4.97. The maximum atomic E-state index is 6.23. The molecule has 6 heteroatoms. The van der Waals surface area contributed by atoms with Gasteiger partial charge in [-0.1, -0.05) is 58.5 Å². The molecule has 0 aliphatic carbocycles. The Kier molecular flexibility index (Phi) is 4.72. The zero-order valence-corrected chi connectivity index (χ0v) is 15.9. The third kappa shape index (κ3) is 3.05. The number of fused-ring (bicyclic) bond motifs is 2. The first kappa shape index (κ1) is 17.0. The van der Waals surface area contributed by atoms with Crippen molar-refractivity contribution in [2.24, 2.45) is 0 Å². The summed E-state index contributed by atoms with van der Waals surface area (Å²) in [5, 5.41) is 2.41. The summed E-state index contributed by atoms with van der Waals surface area (Å²) in [6, 6.07) is 12.5. The van der Waals surface area contributed by atoms with E-state index in [9.17, 15) is 0 Å². The van der Waals surface area contributed by atoms with Crippen LogP contribution in [0, 0.1) is 0 Å². The molecule has 2 bridgehead atoms. The van der Waals surface area contributed by atoms with Crippen LogP contribution in [0.4, 0.5) is 0 Å². The lowest BCUT2D eigenvalue weighted by molar-refractivity contribution is 0.107. The minimum absolute atomic E-state index is 0.307. The zero-order chi connectivity index (χ0) is 16.8. The fourth-order valence-electron chi connectivity index (χ4n) is 3.78. The van der Waals surface area contributed by atoms with Crippen molar-refractivity contribution in [3.63, 3.8) is 0 Å². The van der Waals surface area contributed by atoms with Crippen LogP contribution in [0.5, 0.6) is 0 Å². The summed E-state index contributed by atoms with van der Waals surface area (Å²) in [5.41, 5.74) is 2.43. The number of hydrogen-bond donors (Lipinski definition) is 0. The number of hydrogen-bond acceptors (Lipinski definition) is 2. The summed E-state index contributed by atoms with van der Waals surface area (Å²) in [5.74, 6) is 0. The minimum Gasteiger partial charge on any atom is -0.288 e. The molecular weight excluding hydrogens is 386 g/mol. The maximum absolute atomic E-state index is 6.23. The van der Waals surface area contributed by atoms with Gasteiger partial charge in [0.25, 0.3) is 0 Å². The van der Waals surface area contributed by atoms with Crippen LogP contribution in [0.15, 0.2) is 36.4 Å². The van der Waals surface area contributed by atoms with Crippen molar-refractivity contribution >= 4 is 46.4 Å². The summed E-state index contributed by atoms with van der Waals surface area (Å²) >= 11 is 24.6. The molecule has 4 rings (SSSR count). The Labute approximate surface area is 161 Å². The van der Waals surface area contributed by atoms with Crippen molar-refractivity contribution in [2.75, 3.05) is 19.8 Å². The molecule has 0 radical (unpaired) electrons. The van der Waals surface area contributed by atoms with Gasteiger partial charge in [0.15, 0.2) is 0 Å². The van der Waals surface area contributed by atoms with Gasteiger partial charge in [-0.15, -0.1) is 0 Å². The van der Waals surface area contributed by atoms with Crippen molar-refractivity contribution in [3.05, 3.63) is 67.6 Å². The van der Waals surface area contributed by atoms with Gasteiger partial charge in [0.05, 0.1) is 26.8 Å². The Morgan fingerprint density at radius 3 is 1.92 bits per heavy atom. The molecule has 2 nitrogen and oxygen atoms in total. The number of benzene rings is 2. The Balaban J connectivity index is 1.68. The van der Waals surface area contributed by atoms with Crippen LogP contribution in [0.3, 0.4) is 0 Å². The van der Waals surface area contributed by atoms with E-state index in [1.54, 1.807) is 0 Å². The largest absolute Gasteiger partial charge is 0.288 e. The standard InChI is InChI=1S/C18H16Cl4N2/c19-13-3-1-11(7-15(13)21)17-5-6-23-9-18(24(17)10-23)12-2-4-14(20)16(22)8-12/h1-4,7-8,17-18H,5-6,9-10H2/t17-,18+/m0/s1. The first-order valence-electron chi connectivity index (χ1n) is 7.91. The summed E-state index contributed by atoms with van der Waals surface area (Å²) in [6.07, 6.45) is 1.08. The van der Waals surface area contributed by atoms with Gasteiger partial charge >= 0.3 is 0 Å². The first-order valence-corrected chi connectivity index (χ1v) is 9.42. The first-order chi connectivity index (χ1) is 11.5. The van der Waals surface area contributed by atoms with Crippen LogP contribution in [0.2, 0.25) is 20.1 Å². The summed E-state index contributed by atoms with van der Waals surface area (Å²) < 4.78 is 0. The van der Waals surface area contributed by atoms with Crippen LogP contribution in [-0.4, -0.2) is 29.6 Å². The summed E-state index contributed by atoms with van der Waals surface area (Å²) in [7, 11) is 0. The van der Waals surface area contributed by atoms with Crippen LogP contribution < -0.4 is 0 Å². The zero-order valence-electron chi connectivity index (χ0n) is 12.9. The molecule has 0 N–H and O–H groups in total. The fourth-order valence-corrected chi connectivity index (χ4v) is 4.39. The van der Waals surface area contributed by atoms with E-state index >= 15 is 0 Å². The molecule has 0 amide bonds. The molecule has 0 spiro atoms. The highest BCUT2D eigenvalue weighted by molar-refractivity contribution is 6.42. The molecule has 2 heterocycles. The van der Waals surface area contributed by atoms with Crippen molar-refractivity contribution in [1.82, 2.24) is 9.80 Å². The normalized spacial score (nSPS) is 29.0. The van der Waals surface area contributed by atoms with Crippen LogP contribution in [0.25, 0.3) is 0 Å². The Bertz CT molecular complexity index is 726. The van der Waals surface area contributed by atoms with E-state index in [0.717, 1.165) is 26.2 Å². The summed E-state index contributed by atoms with van der Waals surface area (Å²) in [6.45, 7) is 3.05. The molecule has 2 aromatic rings. The quantitative estimate of drug-likeness (QED) is 0.603. The lowest BCUT2D eigenvalue weighted by Gasteiger charge is -2.36. The predicted molar refractivity (Wildman–Crippen MR) is 101 cm³/mol. The van der Waals surface area contributed by atoms with Crippen molar-refractivity contribution in [1.29, 1.82) is 0 Å². The highest BCUT2D eigenvalue weighted by Crippen LogP contribution is 2.43. The molecule has 24 heavy (non-hydrogen) atoms. The number of nitrogens with zero attached hydrogens (tertiary/aromatic N) is 2. The van der Waals surface area contributed by atoms with Gasteiger partial charge in [-0.05, 0) is 41.8 Å². The fraction of sp³-hybridized carbons (Fsp3) is 0.333. The van der Waals surface area contributed by atoms with Crippen LogP contribution in [0.1, 0.15) is 29.6 Å². The molecule has 2 saturated heterocycles. The van der Waals surface area contributed by atoms with E-state index in [-0.39, 0.29) is 0 Å². The van der Waals surface area contributed by atoms with E-state index in [2.05, 4.69) is 21.9 Å². The second-order valence-corrected chi connectivity index (χ2v) is 8.03. The third-order valence-corrected chi connectivity index (χ3v) is 6.45. The van der Waals surface area contributed by atoms with Crippen molar-refractivity contribution in [2.45, 2.75) is 18.5 Å². The molecule has 2 unspecified atom stereocenters. The average molecular weight is 402 g/mol. The Morgan fingerprint density at radius 1 is 0.750 bits per heavy atom. The topological polar surface area (TPSA) is 6.48 Å².